The molecule has 176 valence electrons. The first kappa shape index (κ1) is 23.6. The molecule has 7 nitrogen and oxygen atoms in total. The predicted molar refractivity (Wildman–Crippen MR) is 135 cm³/mol. The number of carbonyl (C=O) groups excluding carboxylic acids is 1. The molecule has 0 unspecified atom stereocenters. The Balaban J connectivity index is 1.53. The number of allylic oxidation sites excluding steroid dienone is 2. The van der Waals surface area contributed by atoms with Crippen LogP contribution in [-0.2, 0) is 13.1 Å². The Morgan fingerprint density at radius 3 is 2.66 bits per heavy atom. The first-order valence-corrected chi connectivity index (χ1v) is 10.9. The lowest BCUT2D eigenvalue weighted by atomic mass is 10.0. The van der Waals surface area contributed by atoms with Crippen molar-refractivity contribution in [3.63, 3.8) is 0 Å². The predicted octanol–water partition coefficient (Wildman–Crippen LogP) is 3.85. The molecule has 0 radical (unpaired) electrons. The van der Waals surface area contributed by atoms with Crippen LogP contribution in [0.1, 0.15) is 34.0 Å². The molecule has 2 heterocycles. The highest BCUT2D eigenvalue weighted by Crippen LogP contribution is 2.20. The molecule has 0 aliphatic heterocycles. The maximum absolute atomic E-state index is 13.1. The first-order valence-electron chi connectivity index (χ1n) is 10.9. The molecule has 8 heteroatoms. The van der Waals surface area contributed by atoms with Crippen LogP contribution in [0.2, 0.25) is 0 Å². The number of amides is 1. The summed E-state index contributed by atoms with van der Waals surface area (Å²) in [6.45, 7) is 2.26. The van der Waals surface area contributed by atoms with Crippen LogP contribution in [0, 0.1) is 11.4 Å². The van der Waals surface area contributed by atoms with Crippen LogP contribution < -0.4 is 16.6 Å². The van der Waals surface area contributed by atoms with Crippen molar-refractivity contribution in [1.29, 1.82) is 5.41 Å². The van der Waals surface area contributed by atoms with E-state index < -0.39 is 5.95 Å². The highest BCUT2D eigenvalue weighted by atomic mass is 19.1. The SMILES string of the molecule is C/C(N)=C(/C=N)c1ccc2c(=O)n(Cc3cccc(C(=O)NCc4ccc(F)nc4)c3)ccc2c1. The zero-order valence-corrected chi connectivity index (χ0v) is 19.1. The van der Waals surface area contributed by atoms with Crippen molar-refractivity contribution in [2.75, 3.05) is 0 Å². The number of nitrogens with two attached hydrogens (primary N) is 1. The van der Waals surface area contributed by atoms with Crippen LogP contribution in [0.3, 0.4) is 0 Å². The summed E-state index contributed by atoms with van der Waals surface area (Å²) in [6, 6.07) is 17.1. The Labute approximate surface area is 201 Å². The van der Waals surface area contributed by atoms with Gasteiger partial charge in [0.25, 0.3) is 11.5 Å². The number of aromatic nitrogens is 2. The number of rotatable bonds is 7. The Morgan fingerprint density at radius 1 is 1.11 bits per heavy atom. The van der Waals surface area contributed by atoms with E-state index in [0.29, 0.717) is 34.3 Å². The zero-order valence-electron chi connectivity index (χ0n) is 19.1. The Hall–Kier alpha value is -4.59. The van der Waals surface area contributed by atoms with Gasteiger partial charge in [-0.05, 0) is 65.4 Å². The first-order chi connectivity index (χ1) is 16.9. The van der Waals surface area contributed by atoms with Gasteiger partial charge in [-0.25, -0.2) is 4.98 Å². The van der Waals surface area contributed by atoms with Crippen molar-refractivity contribution in [2.24, 2.45) is 5.73 Å². The summed E-state index contributed by atoms with van der Waals surface area (Å²) in [5.41, 5.74) is 9.58. The lowest BCUT2D eigenvalue weighted by Gasteiger charge is -2.11. The maximum Gasteiger partial charge on any atom is 0.258 e. The van der Waals surface area contributed by atoms with Gasteiger partial charge < -0.3 is 21.0 Å². The summed E-state index contributed by atoms with van der Waals surface area (Å²) >= 11 is 0. The molecule has 4 rings (SSSR count). The van der Waals surface area contributed by atoms with Gasteiger partial charge in [0.05, 0.1) is 6.54 Å². The fourth-order valence-electron chi connectivity index (χ4n) is 3.81. The highest BCUT2D eigenvalue weighted by Gasteiger charge is 2.10. The Kier molecular flexibility index (Phi) is 6.82. The molecule has 2 aromatic carbocycles. The summed E-state index contributed by atoms with van der Waals surface area (Å²) < 4.78 is 14.5. The normalized spacial score (nSPS) is 11.7. The van der Waals surface area contributed by atoms with Gasteiger partial charge in [0.2, 0.25) is 5.95 Å². The van der Waals surface area contributed by atoms with Gasteiger partial charge in [-0.15, -0.1) is 0 Å². The van der Waals surface area contributed by atoms with Crippen molar-refractivity contribution in [2.45, 2.75) is 20.0 Å². The second-order valence-electron chi connectivity index (χ2n) is 8.16. The molecule has 0 spiro atoms. The summed E-state index contributed by atoms with van der Waals surface area (Å²) in [6.07, 6.45) is 4.30. The minimum atomic E-state index is -0.573. The van der Waals surface area contributed by atoms with Gasteiger partial charge in [-0.1, -0.05) is 24.3 Å². The van der Waals surface area contributed by atoms with E-state index in [1.165, 1.54) is 18.5 Å². The van der Waals surface area contributed by atoms with E-state index in [1.807, 2.05) is 18.2 Å². The standard InChI is InChI=1S/C27H24FN5O2/c1-17(30)24(13-29)20-6-7-23-21(12-20)9-10-33(27(23)35)16-18-3-2-4-22(11-18)26(34)32-15-19-5-8-25(28)31-14-19/h2-14,29H,15-16,30H2,1H3,(H,32,34)/b24-17+,29-13?. The molecule has 0 fully saturated rings. The minimum absolute atomic E-state index is 0.155. The topological polar surface area (TPSA) is 114 Å². The Bertz CT molecular complexity index is 1500. The third-order valence-electron chi connectivity index (χ3n) is 5.64. The van der Waals surface area contributed by atoms with Crippen LogP contribution >= 0.6 is 0 Å². The highest BCUT2D eigenvalue weighted by molar-refractivity contribution is 6.10. The van der Waals surface area contributed by atoms with Crippen LogP contribution in [0.5, 0.6) is 0 Å². The van der Waals surface area contributed by atoms with Gasteiger partial charge in [-0.3, -0.25) is 9.59 Å². The smallest absolute Gasteiger partial charge is 0.258 e. The summed E-state index contributed by atoms with van der Waals surface area (Å²) in [4.78, 5) is 29.3. The molecule has 35 heavy (non-hydrogen) atoms. The van der Waals surface area contributed by atoms with Crippen LogP contribution in [0.15, 0.2) is 83.5 Å². The number of halogens is 1. The maximum atomic E-state index is 13.1. The zero-order chi connectivity index (χ0) is 24.9. The molecule has 2 aromatic heterocycles. The average molecular weight is 470 g/mol. The van der Waals surface area contributed by atoms with Gasteiger partial charge in [-0.2, -0.15) is 4.39 Å². The van der Waals surface area contributed by atoms with Crippen molar-refractivity contribution in [3.05, 3.63) is 117 Å². The molecule has 0 atom stereocenters. The van der Waals surface area contributed by atoms with Crippen LogP contribution in [0.25, 0.3) is 16.3 Å². The lowest BCUT2D eigenvalue weighted by molar-refractivity contribution is 0.0950. The molecule has 4 N–H and O–H groups in total. The number of hydrogen-bond acceptors (Lipinski definition) is 5. The van der Waals surface area contributed by atoms with E-state index in [2.05, 4.69) is 10.3 Å². The number of carbonyl (C=O) groups is 1. The lowest BCUT2D eigenvalue weighted by Crippen LogP contribution is -2.23. The molecular formula is C27H24FN5O2. The van der Waals surface area contributed by atoms with Gasteiger partial charge in [0, 0.05) is 47.4 Å². The monoisotopic (exact) mass is 469 g/mol. The van der Waals surface area contributed by atoms with E-state index in [0.717, 1.165) is 16.5 Å². The third kappa shape index (κ3) is 5.33. The second kappa shape index (κ2) is 10.1. The van der Waals surface area contributed by atoms with Gasteiger partial charge in [0.15, 0.2) is 0 Å². The molecule has 1 amide bonds. The molecule has 0 saturated heterocycles. The van der Waals surface area contributed by atoms with E-state index in [1.54, 1.807) is 54.1 Å². The number of nitrogens with one attached hydrogen (secondary N) is 2. The van der Waals surface area contributed by atoms with Crippen molar-refractivity contribution >= 4 is 28.5 Å². The van der Waals surface area contributed by atoms with Crippen molar-refractivity contribution in [3.8, 4) is 0 Å². The van der Waals surface area contributed by atoms with E-state index in [-0.39, 0.29) is 18.0 Å². The van der Waals surface area contributed by atoms with Crippen molar-refractivity contribution in [1.82, 2.24) is 14.9 Å². The number of fused-ring (bicyclic) bond motifs is 1. The molecule has 0 aliphatic carbocycles. The fraction of sp³-hybridized carbons (Fsp3) is 0.111. The second-order valence-corrected chi connectivity index (χ2v) is 8.16. The van der Waals surface area contributed by atoms with Crippen LogP contribution in [0.4, 0.5) is 4.39 Å². The third-order valence-corrected chi connectivity index (χ3v) is 5.64. The van der Waals surface area contributed by atoms with E-state index in [9.17, 15) is 14.0 Å². The van der Waals surface area contributed by atoms with Crippen LogP contribution in [-0.4, -0.2) is 21.7 Å². The molecular weight excluding hydrogens is 445 g/mol. The fourth-order valence-corrected chi connectivity index (χ4v) is 3.81. The van der Waals surface area contributed by atoms with E-state index in [4.69, 9.17) is 11.1 Å². The molecule has 4 aromatic rings. The minimum Gasteiger partial charge on any atom is -0.402 e. The summed E-state index contributed by atoms with van der Waals surface area (Å²) in [7, 11) is 0. The van der Waals surface area contributed by atoms with E-state index >= 15 is 0 Å². The number of benzene rings is 2. The van der Waals surface area contributed by atoms with Gasteiger partial charge in [0.1, 0.15) is 0 Å². The number of pyridine rings is 2. The molecule has 0 aliphatic rings. The Morgan fingerprint density at radius 2 is 1.94 bits per heavy atom. The van der Waals surface area contributed by atoms with Crippen molar-refractivity contribution < 1.29 is 9.18 Å². The quantitative estimate of drug-likeness (QED) is 0.282. The number of hydrogen-bond donors (Lipinski definition) is 3. The number of nitrogens with zero attached hydrogens (tertiary/aromatic N) is 2. The van der Waals surface area contributed by atoms with Gasteiger partial charge >= 0.3 is 0 Å². The molecule has 0 bridgehead atoms. The molecule has 0 saturated carbocycles. The largest absolute Gasteiger partial charge is 0.402 e. The summed E-state index contributed by atoms with van der Waals surface area (Å²) in [5.74, 6) is -0.851. The average Bonchev–Trinajstić information content (AvgIpc) is 2.85. The summed E-state index contributed by atoms with van der Waals surface area (Å²) in [5, 5.41) is 11.7.